The van der Waals surface area contributed by atoms with Crippen LogP contribution in [0.25, 0.3) is 73.7 Å². The lowest BCUT2D eigenvalue weighted by Gasteiger charge is -2.20. The molecule has 0 bridgehead atoms. The van der Waals surface area contributed by atoms with E-state index in [4.69, 9.17) is 11.6 Å². The third kappa shape index (κ3) is 6.53. The molecule has 3 aliphatic rings. The summed E-state index contributed by atoms with van der Waals surface area (Å²) in [5, 5.41) is 8.90. The maximum absolute atomic E-state index is 5.10. The van der Waals surface area contributed by atoms with Crippen molar-refractivity contribution in [1.29, 1.82) is 0 Å². The van der Waals surface area contributed by atoms with E-state index in [-0.39, 0.29) is 0 Å². The third-order valence-electron chi connectivity index (χ3n) is 11.5. The molecule has 6 aromatic rings. The Morgan fingerprint density at radius 1 is 0.870 bits per heavy atom. The van der Waals surface area contributed by atoms with Crippen LogP contribution in [0.2, 0.25) is 0 Å². The summed E-state index contributed by atoms with van der Waals surface area (Å²) in [6.45, 7) is 17.6. The van der Waals surface area contributed by atoms with Gasteiger partial charge in [-0.1, -0.05) is 140 Å². The van der Waals surface area contributed by atoms with E-state index >= 15 is 0 Å². The zero-order valence-electron chi connectivity index (χ0n) is 33.3. The van der Waals surface area contributed by atoms with Crippen LogP contribution in [0, 0.1) is 0 Å². The Balaban J connectivity index is 0.00000109. The predicted molar refractivity (Wildman–Crippen MR) is 237 cm³/mol. The molecule has 9 rings (SSSR count). The minimum atomic E-state index is 0.362. The van der Waals surface area contributed by atoms with Crippen molar-refractivity contribution in [2.24, 2.45) is 0 Å². The molecular formula is C51H57N3. The number of aromatic nitrogens is 3. The second-order valence-corrected chi connectivity index (χ2v) is 14.6. The summed E-state index contributed by atoms with van der Waals surface area (Å²) in [5.41, 5.74) is 15.1. The quantitative estimate of drug-likeness (QED) is 0.183. The number of fused-ring (bicyclic) bond motifs is 6. The highest BCUT2D eigenvalue weighted by atomic mass is 15.2. The van der Waals surface area contributed by atoms with Gasteiger partial charge in [-0.2, -0.15) is 0 Å². The van der Waals surface area contributed by atoms with Gasteiger partial charge in [0.05, 0.1) is 28.6 Å². The second kappa shape index (κ2) is 16.5. The Hall–Kier alpha value is -5.15. The summed E-state index contributed by atoms with van der Waals surface area (Å²) in [6.07, 6.45) is 27.3. The molecule has 1 N–H and O–H groups in total. The fourth-order valence-corrected chi connectivity index (χ4v) is 9.02. The highest BCUT2D eigenvalue weighted by Crippen LogP contribution is 2.46. The smallest absolute Gasteiger partial charge is 0.0896 e. The number of nitrogens with zero attached hydrogens (tertiary/aromatic N) is 2. The van der Waals surface area contributed by atoms with Crippen LogP contribution >= 0.6 is 0 Å². The standard InChI is InChI=1S/C47H45N3.2C2H6/c1-4-5-17-34-25-26-40-45(34)46-39-28-35(44-36(32-18-10-7-11-19-32)22-15-23-37(44)33-20-12-8-13-21-33)27-38-31(3)43-30(2)16-9-6-14-24-41(43)49-50(47(38)39)42(46)29-48-40;2*1-2/h7-8,10-12,14-15,18-20,22-30,34,49H,3-6,9,13,16-17,21H2,1-2H3;2*1-2H3/b24-14+;;. The first-order valence-corrected chi connectivity index (χ1v) is 20.7. The van der Waals surface area contributed by atoms with Gasteiger partial charge in [-0.05, 0) is 118 Å². The van der Waals surface area contributed by atoms with E-state index in [1.807, 2.05) is 27.7 Å². The van der Waals surface area contributed by atoms with Gasteiger partial charge in [-0.3, -0.25) is 14.6 Å². The van der Waals surface area contributed by atoms with Gasteiger partial charge in [-0.25, -0.2) is 0 Å². The van der Waals surface area contributed by atoms with Crippen LogP contribution in [-0.2, 0) is 0 Å². The van der Waals surface area contributed by atoms with E-state index in [1.54, 1.807) is 0 Å². The molecule has 3 aromatic heterocycles. The maximum Gasteiger partial charge on any atom is 0.0896 e. The number of hydrogen-bond donors (Lipinski definition) is 1. The maximum atomic E-state index is 5.10. The SMILES string of the molecule is C=c1c2c([nH]n3c4cnc5c(c4c4cc(-c6c(C7=CC=CCC7)cccc6-c6ccccc6)cc1c43)C(CCCC)C=C5)/C=C/CCCC2C.CC.CC. The van der Waals surface area contributed by atoms with E-state index in [0.29, 0.717) is 11.8 Å². The average molecular weight is 712 g/mol. The van der Waals surface area contributed by atoms with E-state index < -0.39 is 0 Å². The van der Waals surface area contributed by atoms with Crippen molar-refractivity contribution in [3.05, 3.63) is 131 Å². The molecule has 0 saturated heterocycles. The minimum Gasteiger partial charge on any atom is -0.293 e. The molecule has 0 spiro atoms. The minimum absolute atomic E-state index is 0.362. The molecule has 3 heterocycles. The van der Waals surface area contributed by atoms with Crippen molar-refractivity contribution < 1.29 is 0 Å². The number of benzene rings is 3. The topological polar surface area (TPSA) is 33.1 Å². The van der Waals surface area contributed by atoms with Crippen LogP contribution in [0.4, 0.5) is 0 Å². The molecule has 3 heteroatoms. The number of unbranched alkanes of at least 4 members (excludes halogenated alkanes) is 1. The number of hydrogen-bond acceptors (Lipinski definition) is 1. The largest absolute Gasteiger partial charge is 0.293 e. The second-order valence-electron chi connectivity index (χ2n) is 14.6. The summed E-state index contributed by atoms with van der Waals surface area (Å²) in [7, 11) is 0. The van der Waals surface area contributed by atoms with Gasteiger partial charge >= 0.3 is 0 Å². The monoisotopic (exact) mass is 711 g/mol. The summed E-state index contributed by atoms with van der Waals surface area (Å²) < 4.78 is 2.34. The van der Waals surface area contributed by atoms with Gasteiger partial charge in [0.15, 0.2) is 0 Å². The fraction of sp³-hybridized carbons (Fsp3) is 0.314. The summed E-state index contributed by atoms with van der Waals surface area (Å²) in [6, 6.07) is 22.8. The van der Waals surface area contributed by atoms with Gasteiger partial charge in [0, 0.05) is 22.1 Å². The van der Waals surface area contributed by atoms with Crippen molar-refractivity contribution >= 4 is 51.5 Å². The molecule has 276 valence electrons. The van der Waals surface area contributed by atoms with Crippen molar-refractivity contribution in [3.8, 4) is 22.3 Å². The van der Waals surface area contributed by atoms with Crippen LogP contribution in [0.15, 0.2) is 97.2 Å². The molecule has 3 aromatic carbocycles. The molecule has 3 aliphatic carbocycles. The Bertz CT molecular complexity index is 2480. The van der Waals surface area contributed by atoms with E-state index in [0.717, 1.165) is 54.2 Å². The van der Waals surface area contributed by atoms with Gasteiger partial charge < -0.3 is 0 Å². The molecule has 0 fully saturated rings. The number of allylic oxidation sites excluding steroid dienone is 6. The lowest BCUT2D eigenvalue weighted by Crippen LogP contribution is -2.13. The van der Waals surface area contributed by atoms with Gasteiger partial charge in [0.25, 0.3) is 0 Å². The summed E-state index contributed by atoms with van der Waals surface area (Å²) in [5.74, 6) is 0.752. The molecule has 0 aliphatic heterocycles. The number of rotatable bonds is 6. The van der Waals surface area contributed by atoms with Crippen molar-refractivity contribution in [1.82, 2.24) is 14.6 Å². The highest BCUT2D eigenvalue weighted by molar-refractivity contribution is 6.17. The average Bonchev–Trinajstić information content (AvgIpc) is 3.75. The lowest BCUT2D eigenvalue weighted by atomic mass is 9.84. The van der Waals surface area contributed by atoms with Crippen molar-refractivity contribution in [2.45, 2.75) is 105 Å². The molecular weight excluding hydrogens is 655 g/mol. The molecule has 0 amide bonds. The normalized spacial score (nSPS) is 17.9. The van der Waals surface area contributed by atoms with Gasteiger partial charge in [-0.15, -0.1) is 0 Å². The molecule has 0 saturated carbocycles. The summed E-state index contributed by atoms with van der Waals surface area (Å²) >= 11 is 0. The van der Waals surface area contributed by atoms with Crippen LogP contribution < -0.4 is 5.22 Å². The third-order valence-corrected chi connectivity index (χ3v) is 11.5. The van der Waals surface area contributed by atoms with Crippen LogP contribution in [0.3, 0.4) is 0 Å². The molecule has 54 heavy (non-hydrogen) atoms. The fourth-order valence-electron chi connectivity index (χ4n) is 9.02. The van der Waals surface area contributed by atoms with Crippen molar-refractivity contribution in [3.63, 3.8) is 0 Å². The Morgan fingerprint density at radius 3 is 2.44 bits per heavy atom. The first-order valence-electron chi connectivity index (χ1n) is 20.7. The van der Waals surface area contributed by atoms with E-state index in [2.05, 4.69) is 133 Å². The zero-order chi connectivity index (χ0) is 37.8. The van der Waals surface area contributed by atoms with Gasteiger partial charge in [0.2, 0.25) is 0 Å². The molecule has 0 radical (unpaired) electrons. The number of nitrogens with one attached hydrogen (secondary N) is 1. The molecule has 3 nitrogen and oxygen atoms in total. The Kier molecular flexibility index (Phi) is 11.3. The number of H-pyrrole nitrogens is 1. The lowest BCUT2D eigenvalue weighted by molar-refractivity contribution is 0.631. The van der Waals surface area contributed by atoms with Crippen LogP contribution in [0.1, 0.15) is 133 Å². The zero-order valence-corrected chi connectivity index (χ0v) is 33.3. The van der Waals surface area contributed by atoms with Gasteiger partial charge in [0.1, 0.15) is 0 Å². The first kappa shape index (κ1) is 37.2. The Labute approximate surface area is 322 Å². The highest BCUT2D eigenvalue weighted by Gasteiger charge is 2.27. The Morgan fingerprint density at radius 2 is 1.67 bits per heavy atom. The first-order chi connectivity index (χ1) is 26.6. The number of aromatic amines is 1. The predicted octanol–water partition coefficient (Wildman–Crippen LogP) is 14.4. The summed E-state index contributed by atoms with van der Waals surface area (Å²) in [4.78, 5) is 5.10. The van der Waals surface area contributed by atoms with Crippen LogP contribution in [-0.4, -0.2) is 14.6 Å². The molecule has 2 unspecified atom stereocenters. The van der Waals surface area contributed by atoms with E-state index in [9.17, 15) is 0 Å². The molecule has 2 atom stereocenters. The number of pyridine rings is 1. The van der Waals surface area contributed by atoms with E-state index in [1.165, 1.54) is 85.5 Å². The van der Waals surface area contributed by atoms with Crippen molar-refractivity contribution in [2.75, 3.05) is 0 Å². The van der Waals surface area contributed by atoms with Crippen LogP contribution in [0.5, 0.6) is 0 Å².